The molecule has 0 aliphatic carbocycles. The number of ether oxygens (including phenoxy) is 2. The lowest BCUT2D eigenvalue weighted by molar-refractivity contribution is -0.711. The van der Waals surface area contributed by atoms with Crippen molar-refractivity contribution in [3.05, 3.63) is 41.1 Å². The number of benzene rings is 1. The maximum atomic E-state index is 11.7. The highest BCUT2D eigenvalue weighted by Gasteiger charge is 2.29. The fraction of sp³-hybridized carbons (Fsp3) is 0.385. The smallest absolute Gasteiger partial charge is 0.510 e. The summed E-state index contributed by atoms with van der Waals surface area (Å²) in [5, 5.41) is 24.9. The molecule has 0 saturated carbocycles. The third kappa shape index (κ3) is 6.08. The fourth-order valence-electron chi connectivity index (χ4n) is 1.60. The Labute approximate surface area is 132 Å². The van der Waals surface area contributed by atoms with Crippen molar-refractivity contribution < 1.29 is 34.0 Å². The maximum absolute atomic E-state index is 11.7. The number of likely N-dealkylation sites (N-methyl/N-ethyl adjacent to an activating group) is 1. The highest BCUT2D eigenvalue weighted by atomic mass is 16.8. The molecule has 0 radical (unpaired) electrons. The molecule has 0 unspecified atom stereocenters. The van der Waals surface area contributed by atoms with Crippen molar-refractivity contribution in [1.82, 2.24) is 5.01 Å². The molecule has 1 atom stereocenters. The summed E-state index contributed by atoms with van der Waals surface area (Å²) in [4.78, 5) is 26.4. The van der Waals surface area contributed by atoms with Gasteiger partial charge in [0, 0.05) is 6.42 Å². The molecule has 1 rings (SSSR count). The highest BCUT2D eigenvalue weighted by molar-refractivity contribution is 5.73. The molecule has 0 aliphatic heterocycles. The molecule has 0 bridgehead atoms. The van der Waals surface area contributed by atoms with E-state index in [-0.39, 0.29) is 11.4 Å². The normalized spacial score (nSPS) is 12.2. The fourth-order valence-corrected chi connectivity index (χ4v) is 1.60. The van der Waals surface area contributed by atoms with E-state index in [0.717, 1.165) is 17.7 Å². The molecule has 126 valence electrons. The summed E-state index contributed by atoms with van der Waals surface area (Å²) in [6, 6.07) is 7.67. The molecule has 0 spiro atoms. The topological polar surface area (TPSA) is 124 Å². The Kier molecular flexibility index (Phi) is 7.11. The second kappa shape index (κ2) is 9.07. The molecule has 0 aliphatic rings. The van der Waals surface area contributed by atoms with Gasteiger partial charge in [0.2, 0.25) is 5.28 Å². The van der Waals surface area contributed by atoms with E-state index in [4.69, 9.17) is 0 Å². The summed E-state index contributed by atoms with van der Waals surface area (Å²) in [5.41, 5.74) is 0.745. The zero-order valence-electron chi connectivity index (χ0n) is 12.6. The first-order chi connectivity index (χ1) is 11.0. The Morgan fingerprint density at radius 3 is 2.61 bits per heavy atom. The molecule has 0 fully saturated rings. The molecule has 10 nitrogen and oxygen atoms in total. The number of methoxy groups -OCH3 is 1. The lowest BCUT2D eigenvalue weighted by Gasteiger charge is -2.20. The zero-order valence-corrected chi connectivity index (χ0v) is 12.6. The Bertz CT molecular complexity index is 550. The summed E-state index contributed by atoms with van der Waals surface area (Å²) in [5.74, 6) is -1.20. The average Bonchev–Trinajstić information content (AvgIpc) is 2.56. The Balaban J connectivity index is 2.63. The number of hydrazine groups is 1. The van der Waals surface area contributed by atoms with E-state index >= 15 is 0 Å². The van der Waals surface area contributed by atoms with E-state index in [1.54, 1.807) is 30.3 Å². The number of rotatable bonds is 8. The first-order valence-electron chi connectivity index (χ1n) is 6.46. The molecule has 10 heteroatoms. The van der Waals surface area contributed by atoms with Crippen molar-refractivity contribution in [2.45, 2.75) is 12.5 Å². The van der Waals surface area contributed by atoms with Crippen LogP contribution < -0.4 is 0 Å². The first-order valence-corrected chi connectivity index (χ1v) is 6.46. The summed E-state index contributed by atoms with van der Waals surface area (Å²) in [6.45, 7) is -0.643. The van der Waals surface area contributed by atoms with Crippen molar-refractivity contribution in [3.8, 4) is 0 Å². The van der Waals surface area contributed by atoms with Crippen LogP contribution in [0.4, 0.5) is 4.79 Å². The van der Waals surface area contributed by atoms with E-state index in [1.165, 1.54) is 7.05 Å². The van der Waals surface area contributed by atoms with Gasteiger partial charge >= 0.3 is 12.1 Å². The highest BCUT2D eigenvalue weighted by Crippen LogP contribution is 2.09. The number of hydrogen-bond donors (Lipinski definition) is 1. The van der Waals surface area contributed by atoms with Gasteiger partial charge in [-0.3, -0.25) is 0 Å². The van der Waals surface area contributed by atoms with Crippen LogP contribution in [0.2, 0.25) is 0 Å². The molecule has 1 aromatic carbocycles. The van der Waals surface area contributed by atoms with Crippen LogP contribution in [0.15, 0.2) is 35.6 Å². The van der Waals surface area contributed by atoms with Gasteiger partial charge in [0.25, 0.3) is 6.79 Å². The number of aliphatic carboxylic acids is 1. The van der Waals surface area contributed by atoms with E-state index < -0.39 is 25.0 Å². The predicted molar refractivity (Wildman–Crippen MR) is 74.8 cm³/mol. The maximum Gasteiger partial charge on any atom is 0.510 e. The summed E-state index contributed by atoms with van der Waals surface area (Å²) >= 11 is 0. The Morgan fingerprint density at radius 1 is 1.39 bits per heavy atom. The van der Waals surface area contributed by atoms with E-state index in [1.807, 2.05) is 0 Å². The van der Waals surface area contributed by atoms with Gasteiger partial charge in [0.1, 0.15) is 0 Å². The van der Waals surface area contributed by atoms with Gasteiger partial charge in [-0.2, -0.15) is 0 Å². The molecule has 1 N–H and O–H groups in total. The molecule has 0 aromatic heterocycles. The minimum absolute atomic E-state index is 0.0393. The number of carbonyl (C=O) groups excluding carboxylic acids is 1. The van der Waals surface area contributed by atoms with Crippen molar-refractivity contribution in [2.75, 3.05) is 21.0 Å². The van der Waals surface area contributed by atoms with Crippen LogP contribution >= 0.6 is 0 Å². The quantitative estimate of drug-likeness (QED) is 0.188. The lowest BCUT2D eigenvalue weighted by atomic mass is 10.1. The second-order valence-electron chi connectivity index (χ2n) is 4.30. The minimum atomic E-state index is -1.20. The number of carboxylic acid groups (broad SMARTS) is 1. The van der Waals surface area contributed by atoms with Gasteiger partial charge < -0.3 is 24.6 Å². The lowest BCUT2D eigenvalue weighted by Crippen LogP contribution is -2.44. The van der Waals surface area contributed by atoms with Gasteiger partial charge in [-0.05, 0) is 5.56 Å². The van der Waals surface area contributed by atoms with Crippen LogP contribution in [0, 0.1) is 5.21 Å². The number of hydrogen-bond acceptors (Lipinski definition) is 7. The van der Waals surface area contributed by atoms with Crippen LogP contribution in [0.5, 0.6) is 0 Å². The minimum Gasteiger partial charge on any atom is -0.569 e. The van der Waals surface area contributed by atoms with Crippen molar-refractivity contribution in [3.63, 3.8) is 0 Å². The third-order valence-corrected chi connectivity index (χ3v) is 2.80. The summed E-state index contributed by atoms with van der Waals surface area (Å²) in [7, 11) is 2.36. The van der Waals surface area contributed by atoms with E-state index in [9.17, 15) is 19.9 Å². The van der Waals surface area contributed by atoms with Crippen LogP contribution in [-0.2, 0) is 25.5 Å². The van der Waals surface area contributed by atoms with E-state index in [2.05, 4.69) is 19.6 Å². The molecule has 0 amide bonds. The van der Waals surface area contributed by atoms with Gasteiger partial charge in [0.05, 0.1) is 19.1 Å². The van der Waals surface area contributed by atoms with Crippen LogP contribution in [0.3, 0.4) is 0 Å². The largest absolute Gasteiger partial charge is 0.569 e. The molecule has 0 saturated heterocycles. The van der Waals surface area contributed by atoms with Crippen molar-refractivity contribution >= 4 is 12.1 Å². The number of nitrogens with zero attached hydrogens (tertiary/aromatic N) is 3. The third-order valence-electron chi connectivity index (χ3n) is 2.80. The summed E-state index contributed by atoms with van der Waals surface area (Å²) < 4.78 is 8.53. The SMILES string of the molecule is COC(=O)OCO/N=[N+](\[O-])N(C)[C@@H](Cc1ccccc1)C(=O)O. The molecular formula is C13H17N3O7. The average molecular weight is 327 g/mol. The monoisotopic (exact) mass is 327 g/mol. The van der Waals surface area contributed by atoms with Crippen LogP contribution in [0.1, 0.15) is 5.56 Å². The van der Waals surface area contributed by atoms with Crippen molar-refractivity contribution in [2.24, 2.45) is 5.28 Å². The predicted octanol–water partition coefficient (Wildman–Crippen LogP) is 1.16. The van der Waals surface area contributed by atoms with Crippen LogP contribution in [0.25, 0.3) is 0 Å². The second-order valence-corrected chi connectivity index (χ2v) is 4.30. The molecule has 0 heterocycles. The standard InChI is InChI=1S/C13H17N3O7/c1-15(16(20)14-23-9-22-13(19)21-2)11(12(17)18)8-10-6-4-3-5-7-10/h3-7,11H,8-9H2,1-2H3,(H,17,18)/b16-14-/t11-/m0/s1. The number of carboxylic acids is 1. The van der Waals surface area contributed by atoms with Gasteiger partial charge in [-0.25, -0.2) is 9.59 Å². The van der Waals surface area contributed by atoms with Gasteiger partial charge in [-0.1, -0.05) is 30.3 Å². The van der Waals surface area contributed by atoms with Crippen LogP contribution in [-0.4, -0.2) is 54.2 Å². The number of carbonyl (C=O) groups is 2. The molecule has 1 aromatic rings. The van der Waals surface area contributed by atoms with E-state index in [0.29, 0.717) is 0 Å². The van der Waals surface area contributed by atoms with Gasteiger partial charge in [0.15, 0.2) is 6.04 Å². The Morgan fingerprint density at radius 2 is 2.04 bits per heavy atom. The van der Waals surface area contributed by atoms with Crippen molar-refractivity contribution in [1.29, 1.82) is 0 Å². The Hall–Kier alpha value is -3.04. The molecule has 23 heavy (non-hydrogen) atoms. The zero-order chi connectivity index (χ0) is 17.2. The molecular weight excluding hydrogens is 310 g/mol. The summed E-state index contributed by atoms with van der Waals surface area (Å²) in [6.07, 6.45) is -0.905. The first kappa shape index (κ1) is 18.0. The van der Waals surface area contributed by atoms with Gasteiger partial charge in [-0.15, -0.1) is 5.01 Å².